The number of rotatable bonds is 2. The predicted molar refractivity (Wildman–Crippen MR) is 97.7 cm³/mol. The van der Waals surface area contributed by atoms with Gasteiger partial charge >= 0.3 is 5.69 Å². The van der Waals surface area contributed by atoms with Crippen LogP contribution in [0, 0.1) is 0 Å². The number of nitrogens with one attached hydrogen (secondary N) is 2. The minimum absolute atomic E-state index is 0.0208. The van der Waals surface area contributed by atoms with Crippen molar-refractivity contribution in [3.8, 4) is 0 Å². The van der Waals surface area contributed by atoms with E-state index in [1.807, 2.05) is 12.1 Å². The number of carbonyl (C=O) groups excluding carboxylic acids is 1. The van der Waals surface area contributed by atoms with Crippen molar-refractivity contribution < 1.29 is 4.79 Å². The molecule has 3 aromatic heterocycles. The first-order chi connectivity index (χ1) is 12.3. The number of tetrazole rings is 1. The van der Waals surface area contributed by atoms with E-state index >= 15 is 0 Å². The van der Waals surface area contributed by atoms with Gasteiger partial charge in [-0.2, -0.15) is 0 Å². The van der Waals surface area contributed by atoms with Gasteiger partial charge in [0.05, 0.1) is 15.8 Å². The molecule has 0 unspecified atom stereocenters. The summed E-state index contributed by atoms with van der Waals surface area (Å²) in [5.41, 5.74) is 1.71. The Bertz CT molecular complexity index is 1190. The fourth-order valence-electron chi connectivity index (χ4n) is 2.65. The molecule has 0 aliphatic heterocycles. The summed E-state index contributed by atoms with van der Waals surface area (Å²) >= 11 is 1.37. The summed E-state index contributed by atoms with van der Waals surface area (Å²) in [6, 6.07) is 5.94. The molecule has 4 aromatic rings. The van der Waals surface area contributed by atoms with Gasteiger partial charge in [-0.25, -0.2) is 19.3 Å². The summed E-state index contributed by atoms with van der Waals surface area (Å²) in [5, 5.41) is 15.5. The second-order valence-electron chi connectivity index (χ2n) is 6.83. The first-order valence-electron chi connectivity index (χ1n) is 7.84. The third-order valence-corrected chi connectivity index (χ3v) is 5.17. The average molecular weight is 369 g/mol. The highest BCUT2D eigenvalue weighted by molar-refractivity contribution is 7.24. The second-order valence-corrected chi connectivity index (χ2v) is 7.86. The first kappa shape index (κ1) is 16.3. The van der Waals surface area contributed by atoms with Crippen LogP contribution >= 0.6 is 11.3 Å². The molecule has 1 amide bonds. The molecular weight excluding hydrogens is 354 g/mol. The molecule has 3 heterocycles. The molecule has 0 spiro atoms. The standard InChI is InChI=1S/C16H15N7O2S/c1-16(2,3)8-4-5-10-11(6-8)26-13-9(7-17-15(25)23(10)13)12(24)18-14-19-21-22-20-14/h4-7H,1-3H3,(H2,18,19,20,21,22,24). The van der Waals surface area contributed by atoms with Gasteiger partial charge in [-0.3, -0.25) is 10.1 Å². The minimum atomic E-state index is -0.448. The van der Waals surface area contributed by atoms with Gasteiger partial charge < -0.3 is 0 Å². The van der Waals surface area contributed by atoms with Crippen LogP contribution in [0.4, 0.5) is 5.95 Å². The Morgan fingerprint density at radius 1 is 1.31 bits per heavy atom. The van der Waals surface area contributed by atoms with Gasteiger partial charge in [0.25, 0.3) is 5.91 Å². The highest BCUT2D eigenvalue weighted by Gasteiger charge is 2.20. The molecule has 0 aliphatic carbocycles. The van der Waals surface area contributed by atoms with E-state index in [1.54, 1.807) is 0 Å². The third-order valence-electron chi connectivity index (χ3n) is 4.02. The van der Waals surface area contributed by atoms with Crippen molar-refractivity contribution in [1.82, 2.24) is 30.0 Å². The van der Waals surface area contributed by atoms with Crippen molar-refractivity contribution in [2.75, 3.05) is 5.32 Å². The summed E-state index contributed by atoms with van der Waals surface area (Å²) < 4.78 is 2.37. The maximum atomic E-state index is 12.6. The highest BCUT2D eigenvalue weighted by atomic mass is 32.1. The van der Waals surface area contributed by atoms with Gasteiger partial charge in [-0.15, -0.1) is 11.3 Å². The maximum Gasteiger partial charge on any atom is 0.353 e. The van der Waals surface area contributed by atoms with Crippen LogP contribution < -0.4 is 11.0 Å². The lowest BCUT2D eigenvalue weighted by Crippen LogP contribution is -2.21. The summed E-state index contributed by atoms with van der Waals surface area (Å²) in [5.74, 6) is -0.327. The number of benzene rings is 1. The third kappa shape index (κ3) is 2.64. The van der Waals surface area contributed by atoms with E-state index in [0.717, 1.165) is 15.8 Å². The fraction of sp³-hybridized carbons (Fsp3) is 0.250. The molecular formula is C16H15N7O2S. The van der Waals surface area contributed by atoms with Gasteiger partial charge in [-0.05, 0) is 33.5 Å². The van der Waals surface area contributed by atoms with Crippen LogP contribution in [-0.4, -0.2) is 35.9 Å². The number of carbonyl (C=O) groups is 1. The maximum absolute atomic E-state index is 12.6. The van der Waals surface area contributed by atoms with Crippen molar-refractivity contribution in [3.63, 3.8) is 0 Å². The smallest absolute Gasteiger partial charge is 0.289 e. The molecule has 0 saturated carbocycles. The summed E-state index contributed by atoms with van der Waals surface area (Å²) in [6.45, 7) is 6.37. The number of thiazole rings is 1. The lowest BCUT2D eigenvalue weighted by Gasteiger charge is -2.18. The number of amides is 1. The number of anilines is 1. The van der Waals surface area contributed by atoms with Crippen LogP contribution in [0.3, 0.4) is 0 Å². The van der Waals surface area contributed by atoms with Gasteiger partial charge in [0.1, 0.15) is 4.83 Å². The number of H-pyrrole nitrogens is 1. The molecule has 0 atom stereocenters. The molecule has 1 aromatic carbocycles. The molecule has 0 aliphatic rings. The van der Waals surface area contributed by atoms with E-state index < -0.39 is 11.6 Å². The van der Waals surface area contributed by atoms with Gasteiger partial charge in [0.2, 0.25) is 5.95 Å². The van der Waals surface area contributed by atoms with Crippen LogP contribution in [0.2, 0.25) is 0 Å². The second kappa shape index (κ2) is 5.70. The molecule has 2 N–H and O–H groups in total. The zero-order chi connectivity index (χ0) is 18.5. The number of aromatic amines is 1. The number of aromatic nitrogens is 6. The summed E-state index contributed by atoms with van der Waals surface area (Å²) in [6.07, 6.45) is 1.27. The molecule has 26 heavy (non-hydrogen) atoms. The monoisotopic (exact) mass is 369 g/mol. The average Bonchev–Trinajstić information content (AvgIpc) is 3.20. The van der Waals surface area contributed by atoms with Crippen molar-refractivity contribution >= 4 is 38.2 Å². The Hall–Kier alpha value is -3.14. The van der Waals surface area contributed by atoms with Crippen LogP contribution in [0.5, 0.6) is 0 Å². The van der Waals surface area contributed by atoms with Crippen LogP contribution in [0.25, 0.3) is 15.0 Å². The molecule has 0 bridgehead atoms. The van der Waals surface area contributed by atoms with Crippen LogP contribution in [-0.2, 0) is 5.41 Å². The normalized spacial score (nSPS) is 12.0. The Kier molecular flexibility index (Phi) is 3.58. The summed E-state index contributed by atoms with van der Waals surface area (Å²) in [7, 11) is 0. The van der Waals surface area contributed by atoms with Crippen LogP contribution in [0.1, 0.15) is 36.7 Å². The molecule has 0 fully saturated rings. The van der Waals surface area contributed by atoms with Gasteiger partial charge in [0.15, 0.2) is 0 Å². The summed E-state index contributed by atoms with van der Waals surface area (Å²) in [4.78, 5) is 29.2. The Balaban J connectivity index is 1.91. The Morgan fingerprint density at radius 2 is 2.12 bits per heavy atom. The lowest BCUT2D eigenvalue weighted by atomic mass is 9.87. The van der Waals surface area contributed by atoms with E-state index in [0.29, 0.717) is 4.83 Å². The number of nitrogens with zero attached hydrogens (tertiary/aromatic N) is 5. The van der Waals surface area contributed by atoms with Crippen molar-refractivity contribution in [2.24, 2.45) is 0 Å². The van der Waals surface area contributed by atoms with Crippen LogP contribution in [0.15, 0.2) is 29.2 Å². The Labute approximate surface area is 151 Å². The largest absolute Gasteiger partial charge is 0.353 e. The highest BCUT2D eigenvalue weighted by Crippen LogP contribution is 2.32. The number of hydrogen-bond acceptors (Lipinski definition) is 7. The van der Waals surface area contributed by atoms with E-state index in [2.05, 4.69) is 57.8 Å². The topological polar surface area (TPSA) is 118 Å². The van der Waals surface area contributed by atoms with Crippen molar-refractivity contribution in [1.29, 1.82) is 0 Å². The number of fused-ring (bicyclic) bond motifs is 3. The SMILES string of the molecule is CC(C)(C)c1ccc2c(c1)sc1c(C(=O)Nc3nnn[nH]3)cnc(=O)n12. The van der Waals surface area contributed by atoms with E-state index in [-0.39, 0.29) is 16.9 Å². The van der Waals surface area contributed by atoms with Crippen molar-refractivity contribution in [2.45, 2.75) is 26.2 Å². The van der Waals surface area contributed by atoms with Crippen molar-refractivity contribution in [3.05, 3.63) is 46.0 Å². The predicted octanol–water partition coefficient (Wildman–Crippen LogP) is 1.97. The molecule has 0 radical (unpaired) electrons. The fourth-order valence-corrected chi connectivity index (χ4v) is 3.83. The molecule has 9 nitrogen and oxygen atoms in total. The molecule has 0 saturated heterocycles. The lowest BCUT2D eigenvalue weighted by molar-refractivity contribution is 0.102. The van der Waals surface area contributed by atoms with Gasteiger partial charge in [0, 0.05) is 6.20 Å². The van der Waals surface area contributed by atoms with E-state index in [4.69, 9.17) is 0 Å². The molecule has 132 valence electrons. The first-order valence-corrected chi connectivity index (χ1v) is 8.66. The molecule has 10 heteroatoms. The Morgan fingerprint density at radius 3 is 2.81 bits per heavy atom. The minimum Gasteiger partial charge on any atom is -0.289 e. The number of hydrogen-bond donors (Lipinski definition) is 2. The van der Waals surface area contributed by atoms with Gasteiger partial charge in [-0.1, -0.05) is 31.9 Å². The zero-order valence-corrected chi connectivity index (χ0v) is 15.1. The zero-order valence-electron chi connectivity index (χ0n) is 14.3. The molecule has 4 rings (SSSR count). The quantitative estimate of drug-likeness (QED) is 0.558. The van der Waals surface area contributed by atoms with E-state index in [9.17, 15) is 9.59 Å². The van der Waals surface area contributed by atoms with E-state index in [1.165, 1.54) is 21.9 Å².